The van der Waals surface area contributed by atoms with Gasteiger partial charge in [-0.3, -0.25) is 9.59 Å². The monoisotopic (exact) mass is 531 g/mol. The number of likely N-dealkylation sites (tertiary alicyclic amines) is 1. The van der Waals surface area contributed by atoms with E-state index in [1.165, 1.54) is 6.92 Å². The van der Waals surface area contributed by atoms with Gasteiger partial charge < -0.3 is 29.4 Å². The molecule has 2 saturated heterocycles. The van der Waals surface area contributed by atoms with E-state index in [0.29, 0.717) is 19.5 Å². The van der Waals surface area contributed by atoms with Gasteiger partial charge in [0, 0.05) is 60.9 Å². The van der Waals surface area contributed by atoms with Gasteiger partial charge in [-0.25, -0.2) is 0 Å². The second-order valence-corrected chi connectivity index (χ2v) is 11.7. The summed E-state index contributed by atoms with van der Waals surface area (Å²) in [5.41, 5.74) is 2.64. The molecular formula is C31H37N3O5. The number of piperidine rings is 1. The van der Waals surface area contributed by atoms with Crippen LogP contribution in [0.25, 0.3) is 10.9 Å². The summed E-state index contributed by atoms with van der Waals surface area (Å²) in [6, 6.07) is 13.4. The maximum absolute atomic E-state index is 13.8. The minimum Gasteiger partial charge on any atom is -0.493 e. The van der Waals surface area contributed by atoms with E-state index in [4.69, 9.17) is 14.2 Å². The molecule has 8 heteroatoms. The quantitative estimate of drug-likeness (QED) is 0.510. The molecule has 4 heterocycles. The SMILES string of the molecule is COc1cccc2c1OC(C)(C)[C@@H]1C[C@H]3CN(C(=O)[C@H](Cc4c[nH]c5ccccc45)NC(C)=O)CC[C@H]3O[C@@H]21. The van der Waals surface area contributed by atoms with Crippen LogP contribution < -0.4 is 14.8 Å². The number of nitrogens with one attached hydrogen (secondary N) is 2. The Hall–Kier alpha value is -3.52. The average molecular weight is 532 g/mol. The zero-order valence-electron chi connectivity index (χ0n) is 23.0. The van der Waals surface area contributed by atoms with Gasteiger partial charge in [0.15, 0.2) is 11.5 Å². The molecule has 0 bridgehead atoms. The third-order valence-electron chi connectivity index (χ3n) is 8.79. The van der Waals surface area contributed by atoms with E-state index in [2.05, 4.69) is 30.2 Å². The largest absolute Gasteiger partial charge is 0.493 e. The molecule has 2 fully saturated rings. The molecule has 3 aromatic rings. The summed E-state index contributed by atoms with van der Waals surface area (Å²) in [4.78, 5) is 31.1. The van der Waals surface area contributed by atoms with Gasteiger partial charge in [0.25, 0.3) is 0 Å². The Bertz CT molecular complexity index is 1400. The highest BCUT2D eigenvalue weighted by molar-refractivity contribution is 5.89. The summed E-state index contributed by atoms with van der Waals surface area (Å²) < 4.78 is 18.9. The molecule has 1 aromatic heterocycles. The van der Waals surface area contributed by atoms with Gasteiger partial charge in [-0.1, -0.05) is 30.3 Å². The third-order valence-corrected chi connectivity index (χ3v) is 8.79. The molecule has 2 aromatic carbocycles. The number of methoxy groups -OCH3 is 1. The van der Waals surface area contributed by atoms with Gasteiger partial charge in [0.05, 0.1) is 19.3 Å². The lowest BCUT2D eigenvalue weighted by molar-refractivity contribution is -0.189. The highest BCUT2D eigenvalue weighted by Gasteiger charge is 2.52. The number of para-hydroxylation sites is 2. The maximum Gasteiger partial charge on any atom is 0.245 e. The lowest BCUT2D eigenvalue weighted by atomic mass is 9.70. The van der Waals surface area contributed by atoms with Crippen LogP contribution in [0.2, 0.25) is 0 Å². The highest BCUT2D eigenvalue weighted by atomic mass is 16.5. The zero-order chi connectivity index (χ0) is 27.3. The van der Waals surface area contributed by atoms with Crippen molar-refractivity contribution in [2.24, 2.45) is 11.8 Å². The molecule has 0 saturated carbocycles. The van der Waals surface area contributed by atoms with Crippen LogP contribution in [0, 0.1) is 11.8 Å². The molecule has 39 heavy (non-hydrogen) atoms. The molecular weight excluding hydrogens is 494 g/mol. The van der Waals surface area contributed by atoms with Crippen LogP contribution in [0.4, 0.5) is 0 Å². The number of carbonyl (C=O) groups is 2. The van der Waals surface area contributed by atoms with E-state index in [1.54, 1.807) is 7.11 Å². The first kappa shape index (κ1) is 25.7. The van der Waals surface area contributed by atoms with Crippen LogP contribution in [0.5, 0.6) is 11.5 Å². The van der Waals surface area contributed by atoms with Gasteiger partial charge in [0.2, 0.25) is 11.8 Å². The minimum atomic E-state index is -0.621. The van der Waals surface area contributed by atoms with Crippen molar-refractivity contribution in [3.05, 3.63) is 59.8 Å². The number of H-pyrrole nitrogens is 1. The summed E-state index contributed by atoms with van der Waals surface area (Å²) in [6.45, 7) is 6.91. The molecule has 0 radical (unpaired) electrons. The lowest BCUT2D eigenvalue weighted by Gasteiger charge is -2.53. The standard InChI is InChI=1S/C31H37N3O5/c1-18(35)33-25(15-19-16-32-24-10-6-5-8-21(19)24)30(36)34-13-12-26-20(17-34)14-23-28(38-26)22-9-7-11-27(37-4)29(22)39-31(23,2)3/h5-11,16,20,23,25-26,28,32H,12-15,17H2,1-4H3,(H,33,35)/t20-,23+,25-,26+,28-/m0/s1. The van der Waals surface area contributed by atoms with Crippen LogP contribution in [0.15, 0.2) is 48.7 Å². The van der Waals surface area contributed by atoms with E-state index in [0.717, 1.165) is 46.4 Å². The number of fused-ring (bicyclic) bond motifs is 5. The predicted octanol–water partition coefficient (Wildman–Crippen LogP) is 4.39. The lowest BCUT2D eigenvalue weighted by Crippen LogP contribution is -2.58. The van der Waals surface area contributed by atoms with Gasteiger partial charge >= 0.3 is 0 Å². The number of carbonyl (C=O) groups excluding carboxylic acids is 2. The Kier molecular flexibility index (Phi) is 6.53. The fourth-order valence-corrected chi connectivity index (χ4v) is 6.84. The minimum absolute atomic E-state index is 0.0368. The predicted molar refractivity (Wildman–Crippen MR) is 148 cm³/mol. The van der Waals surface area contributed by atoms with E-state index in [-0.39, 0.29) is 35.9 Å². The highest BCUT2D eigenvalue weighted by Crippen LogP contribution is 2.55. The molecule has 5 atom stereocenters. The van der Waals surface area contributed by atoms with Crippen LogP contribution in [0.3, 0.4) is 0 Å². The topological polar surface area (TPSA) is 92.9 Å². The number of nitrogens with zero attached hydrogens (tertiary/aromatic N) is 1. The number of hydrogen-bond donors (Lipinski definition) is 2. The Morgan fingerprint density at radius 1 is 1.21 bits per heavy atom. The second-order valence-electron chi connectivity index (χ2n) is 11.7. The van der Waals surface area contributed by atoms with Crippen molar-refractivity contribution in [3.63, 3.8) is 0 Å². The third kappa shape index (κ3) is 4.65. The summed E-state index contributed by atoms with van der Waals surface area (Å²) in [6.07, 6.45) is 4.03. The molecule has 3 aliphatic heterocycles. The summed E-state index contributed by atoms with van der Waals surface area (Å²) in [5, 5.41) is 4.00. The first-order chi connectivity index (χ1) is 18.7. The van der Waals surface area contributed by atoms with E-state index >= 15 is 0 Å². The van der Waals surface area contributed by atoms with Crippen LogP contribution >= 0.6 is 0 Å². The Balaban J connectivity index is 1.21. The maximum atomic E-state index is 13.8. The van der Waals surface area contributed by atoms with Crippen LogP contribution in [0.1, 0.15) is 50.8 Å². The fourth-order valence-electron chi connectivity index (χ4n) is 6.84. The first-order valence-electron chi connectivity index (χ1n) is 13.9. The average Bonchev–Trinajstić information content (AvgIpc) is 3.33. The van der Waals surface area contributed by atoms with Gasteiger partial charge in [-0.2, -0.15) is 0 Å². The van der Waals surface area contributed by atoms with Crippen molar-refractivity contribution < 1.29 is 23.8 Å². The normalized spacial score (nSPS) is 26.0. The second kappa shape index (κ2) is 9.90. The molecule has 2 amide bonds. The van der Waals surface area contributed by atoms with Crippen molar-refractivity contribution in [1.82, 2.24) is 15.2 Å². The fraction of sp³-hybridized carbons (Fsp3) is 0.484. The smallest absolute Gasteiger partial charge is 0.245 e. The number of ether oxygens (including phenoxy) is 3. The number of amides is 2. The zero-order valence-corrected chi connectivity index (χ0v) is 23.0. The molecule has 0 spiro atoms. The Morgan fingerprint density at radius 2 is 2.03 bits per heavy atom. The van der Waals surface area contributed by atoms with Gasteiger partial charge in [-0.15, -0.1) is 0 Å². The van der Waals surface area contributed by atoms with Crippen LogP contribution in [-0.4, -0.2) is 59.6 Å². The van der Waals surface area contributed by atoms with E-state index < -0.39 is 11.6 Å². The van der Waals surface area contributed by atoms with Crippen molar-refractivity contribution >= 4 is 22.7 Å². The molecule has 3 aliphatic rings. The van der Waals surface area contributed by atoms with Crippen molar-refractivity contribution in [2.75, 3.05) is 20.2 Å². The summed E-state index contributed by atoms with van der Waals surface area (Å²) >= 11 is 0. The number of rotatable bonds is 5. The number of benzene rings is 2. The molecule has 2 N–H and O–H groups in total. The van der Waals surface area contributed by atoms with Gasteiger partial charge in [0.1, 0.15) is 11.6 Å². The van der Waals surface area contributed by atoms with Crippen molar-refractivity contribution in [1.29, 1.82) is 0 Å². The van der Waals surface area contributed by atoms with E-state index in [1.807, 2.05) is 47.5 Å². The number of aromatic nitrogens is 1. The molecule has 8 nitrogen and oxygen atoms in total. The number of aromatic amines is 1. The van der Waals surface area contributed by atoms with Crippen molar-refractivity contribution in [3.8, 4) is 11.5 Å². The Morgan fingerprint density at radius 3 is 2.82 bits per heavy atom. The molecule has 0 unspecified atom stereocenters. The first-order valence-corrected chi connectivity index (χ1v) is 13.9. The van der Waals surface area contributed by atoms with Crippen molar-refractivity contribution in [2.45, 2.75) is 63.9 Å². The van der Waals surface area contributed by atoms with Gasteiger partial charge in [-0.05, 0) is 44.4 Å². The Labute approximate surface area is 229 Å². The summed E-state index contributed by atoms with van der Waals surface area (Å²) in [7, 11) is 1.66. The number of hydrogen-bond acceptors (Lipinski definition) is 5. The molecule has 0 aliphatic carbocycles. The summed E-state index contributed by atoms with van der Waals surface area (Å²) in [5.74, 6) is 1.60. The van der Waals surface area contributed by atoms with E-state index in [9.17, 15) is 9.59 Å². The molecule has 6 rings (SSSR count). The van der Waals surface area contributed by atoms with Crippen LogP contribution in [-0.2, 0) is 20.7 Å². The molecule has 206 valence electrons.